The summed E-state index contributed by atoms with van der Waals surface area (Å²) >= 11 is 0. The van der Waals surface area contributed by atoms with Crippen molar-refractivity contribution in [2.75, 3.05) is 18.4 Å². The van der Waals surface area contributed by atoms with Crippen molar-refractivity contribution in [3.05, 3.63) is 29.2 Å². The van der Waals surface area contributed by atoms with Crippen molar-refractivity contribution >= 4 is 17.4 Å². The van der Waals surface area contributed by atoms with Crippen molar-refractivity contribution in [2.24, 2.45) is 0 Å². The molecule has 0 spiro atoms. The second kappa shape index (κ2) is 7.72. The molecule has 142 valence electrons. The van der Waals surface area contributed by atoms with E-state index >= 15 is 0 Å². The van der Waals surface area contributed by atoms with E-state index in [0.717, 1.165) is 5.56 Å². The van der Waals surface area contributed by atoms with Gasteiger partial charge in [0.1, 0.15) is 18.2 Å². The van der Waals surface area contributed by atoms with Crippen LogP contribution in [-0.4, -0.2) is 56.1 Å². The van der Waals surface area contributed by atoms with E-state index in [9.17, 15) is 10.1 Å². The first-order valence-corrected chi connectivity index (χ1v) is 8.84. The Balaban J connectivity index is 1.68. The van der Waals surface area contributed by atoms with Gasteiger partial charge >= 0.3 is 0 Å². The molecule has 2 aromatic rings. The van der Waals surface area contributed by atoms with Crippen molar-refractivity contribution in [2.45, 2.75) is 46.4 Å². The van der Waals surface area contributed by atoms with Crippen LogP contribution >= 0.6 is 0 Å². The molecule has 0 aliphatic carbocycles. The molecule has 1 aliphatic rings. The van der Waals surface area contributed by atoms with E-state index in [2.05, 4.69) is 26.7 Å². The Kier molecular flexibility index (Phi) is 5.37. The lowest BCUT2D eigenvalue weighted by Gasteiger charge is -2.35. The average molecular weight is 369 g/mol. The summed E-state index contributed by atoms with van der Waals surface area (Å²) < 4.78 is 7.23. The number of amides is 1. The number of nitriles is 1. The molecule has 0 bridgehead atoms. The van der Waals surface area contributed by atoms with Gasteiger partial charge in [-0.15, -0.1) is 5.10 Å². The molecule has 9 nitrogen and oxygen atoms in total. The highest BCUT2D eigenvalue weighted by atomic mass is 16.5. The first kappa shape index (κ1) is 18.8. The number of aryl methyl sites for hydroxylation is 1. The molecular formula is C18H23N7O2. The highest BCUT2D eigenvalue weighted by molar-refractivity contribution is 5.76. The maximum atomic E-state index is 12.5. The molecule has 2 atom stereocenters. The van der Waals surface area contributed by atoms with Crippen molar-refractivity contribution in [3.8, 4) is 6.07 Å². The molecule has 1 amide bonds. The number of hydrogen-bond acceptors (Lipinski definition) is 7. The van der Waals surface area contributed by atoms with Gasteiger partial charge in [-0.1, -0.05) is 0 Å². The number of carbonyl (C=O) groups is 1. The van der Waals surface area contributed by atoms with E-state index < -0.39 is 0 Å². The first-order chi connectivity index (χ1) is 12.9. The lowest BCUT2D eigenvalue weighted by molar-refractivity contribution is -0.144. The Hall–Kier alpha value is -2.99. The second-order valence-electron chi connectivity index (χ2n) is 6.85. The third kappa shape index (κ3) is 4.23. The molecule has 1 aliphatic heterocycles. The Bertz CT molecular complexity index is 876. The van der Waals surface area contributed by atoms with Crippen LogP contribution in [0.3, 0.4) is 0 Å². The standard InChI is InChI=1S/C18H23N7O2/c1-11-7-24(8-12(2)27-11)17(26)10-25-9-15(6-20-25)21-18-16(5-19)13(3)14(4)22-23-18/h6,9,11-12H,7-8,10H2,1-4H3,(H,21,23). The van der Waals surface area contributed by atoms with E-state index in [1.807, 2.05) is 27.7 Å². The van der Waals surface area contributed by atoms with Crippen LogP contribution in [0.1, 0.15) is 30.7 Å². The van der Waals surface area contributed by atoms with E-state index in [-0.39, 0.29) is 24.7 Å². The minimum Gasteiger partial charge on any atom is -0.372 e. The number of morpholine rings is 1. The van der Waals surface area contributed by atoms with Gasteiger partial charge in [-0.25, -0.2) is 0 Å². The largest absolute Gasteiger partial charge is 0.372 e. The van der Waals surface area contributed by atoms with Crippen molar-refractivity contribution < 1.29 is 9.53 Å². The first-order valence-electron chi connectivity index (χ1n) is 8.84. The van der Waals surface area contributed by atoms with Gasteiger partial charge in [0.15, 0.2) is 5.82 Å². The van der Waals surface area contributed by atoms with Gasteiger partial charge < -0.3 is 15.0 Å². The van der Waals surface area contributed by atoms with Crippen LogP contribution in [0.15, 0.2) is 12.4 Å². The highest BCUT2D eigenvalue weighted by Gasteiger charge is 2.26. The third-order valence-electron chi connectivity index (χ3n) is 4.53. The van der Waals surface area contributed by atoms with E-state index in [1.165, 1.54) is 0 Å². The van der Waals surface area contributed by atoms with Gasteiger partial charge in [0.2, 0.25) is 5.91 Å². The molecule has 2 aromatic heterocycles. The Morgan fingerprint density at radius 1 is 1.33 bits per heavy atom. The summed E-state index contributed by atoms with van der Waals surface area (Å²) in [6.07, 6.45) is 3.36. The monoisotopic (exact) mass is 369 g/mol. The number of anilines is 2. The smallest absolute Gasteiger partial charge is 0.244 e. The van der Waals surface area contributed by atoms with Crippen LogP contribution in [0, 0.1) is 25.2 Å². The Morgan fingerprint density at radius 3 is 2.70 bits per heavy atom. The SMILES string of the molecule is Cc1nnc(Nc2cnn(CC(=O)N3CC(C)OC(C)C3)c2)c(C#N)c1C. The van der Waals surface area contributed by atoms with E-state index in [1.54, 1.807) is 22.0 Å². The molecule has 3 rings (SSSR count). The zero-order chi connectivity index (χ0) is 19.6. The minimum atomic E-state index is -0.00432. The fraction of sp³-hybridized carbons (Fsp3) is 0.500. The number of nitrogens with zero attached hydrogens (tertiary/aromatic N) is 6. The lowest BCUT2D eigenvalue weighted by Crippen LogP contribution is -2.49. The van der Waals surface area contributed by atoms with Crippen molar-refractivity contribution in [1.29, 1.82) is 5.26 Å². The molecule has 0 aromatic carbocycles. The van der Waals surface area contributed by atoms with Gasteiger partial charge in [-0.2, -0.15) is 15.5 Å². The van der Waals surface area contributed by atoms with E-state index in [4.69, 9.17) is 4.74 Å². The van der Waals surface area contributed by atoms with Gasteiger partial charge in [-0.05, 0) is 33.3 Å². The fourth-order valence-electron chi connectivity index (χ4n) is 3.10. The summed E-state index contributed by atoms with van der Waals surface area (Å²) in [5, 5.41) is 24.8. The predicted octanol–water partition coefficient (Wildman–Crippen LogP) is 1.54. The molecule has 0 saturated carbocycles. The normalized spacial score (nSPS) is 19.6. The summed E-state index contributed by atoms with van der Waals surface area (Å²) in [7, 11) is 0. The highest BCUT2D eigenvalue weighted by Crippen LogP contribution is 2.21. The zero-order valence-electron chi connectivity index (χ0n) is 15.9. The molecule has 1 fully saturated rings. The zero-order valence-corrected chi connectivity index (χ0v) is 15.9. The number of hydrogen-bond donors (Lipinski definition) is 1. The molecule has 2 unspecified atom stereocenters. The van der Waals surface area contributed by atoms with Crippen LogP contribution in [0.5, 0.6) is 0 Å². The molecular weight excluding hydrogens is 346 g/mol. The van der Waals surface area contributed by atoms with Crippen molar-refractivity contribution in [3.63, 3.8) is 0 Å². The summed E-state index contributed by atoms with van der Waals surface area (Å²) in [4.78, 5) is 14.3. The number of ether oxygens (including phenoxy) is 1. The second-order valence-corrected chi connectivity index (χ2v) is 6.85. The molecule has 9 heteroatoms. The minimum absolute atomic E-state index is 0.00432. The molecule has 27 heavy (non-hydrogen) atoms. The van der Waals surface area contributed by atoms with Gasteiger partial charge in [0, 0.05) is 19.3 Å². The maximum absolute atomic E-state index is 12.5. The Labute approximate surface area is 157 Å². The predicted molar refractivity (Wildman–Crippen MR) is 98.3 cm³/mol. The summed E-state index contributed by atoms with van der Waals surface area (Å²) in [5.41, 5.74) is 2.59. The van der Waals surface area contributed by atoms with Gasteiger partial charge in [0.05, 0.1) is 29.8 Å². The Morgan fingerprint density at radius 2 is 2.04 bits per heavy atom. The van der Waals surface area contributed by atoms with Crippen molar-refractivity contribution in [1.82, 2.24) is 24.9 Å². The van der Waals surface area contributed by atoms with Crippen LogP contribution < -0.4 is 5.32 Å². The fourth-order valence-corrected chi connectivity index (χ4v) is 3.10. The van der Waals surface area contributed by atoms with Crippen LogP contribution in [0.25, 0.3) is 0 Å². The average Bonchev–Trinajstić information content (AvgIpc) is 3.04. The number of carbonyl (C=O) groups excluding carboxylic acids is 1. The third-order valence-corrected chi connectivity index (χ3v) is 4.53. The number of aromatic nitrogens is 4. The quantitative estimate of drug-likeness (QED) is 0.870. The summed E-state index contributed by atoms with van der Waals surface area (Å²) in [6.45, 7) is 8.88. The van der Waals surface area contributed by atoms with Crippen LogP contribution in [0.4, 0.5) is 11.5 Å². The molecule has 1 saturated heterocycles. The van der Waals surface area contributed by atoms with E-state index in [0.29, 0.717) is 35.9 Å². The van der Waals surface area contributed by atoms with Gasteiger partial charge in [-0.3, -0.25) is 9.48 Å². The number of rotatable bonds is 4. The lowest BCUT2D eigenvalue weighted by atomic mass is 10.1. The molecule has 1 N–H and O–H groups in total. The summed E-state index contributed by atoms with van der Waals surface area (Å²) in [5.74, 6) is 0.373. The molecule has 0 radical (unpaired) electrons. The summed E-state index contributed by atoms with van der Waals surface area (Å²) in [6, 6.07) is 2.15. The number of nitrogens with one attached hydrogen (secondary N) is 1. The molecule has 3 heterocycles. The van der Waals surface area contributed by atoms with Crippen LogP contribution in [-0.2, 0) is 16.1 Å². The van der Waals surface area contributed by atoms with Gasteiger partial charge in [0.25, 0.3) is 0 Å². The maximum Gasteiger partial charge on any atom is 0.244 e. The van der Waals surface area contributed by atoms with Crippen LogP contribution in [0.2, 0.25) is 0 Å². The topological polar surface area (TPSA) is 109 Å².